The van der Waals surface area contributed by atoms with Gasteiger partial charge in [-0.2, -0.15) is 13.2 Å². The summed E-state index contributed by atoms with van der Waals surface area (Å²) in [7, 11) is 0. The summed E-state index contributed by atoms with van der Waals surface area (Å²) >= 11 is 0. The van der Waals surface area contributed by atoms with Gasteiger partial charge in [-0.1, -0.05) is 0 Å². The molecule has 0 unspecified atom stereocenters. The first-order valence-corrected chi connectivity index (χ1v) is 8.96. The maximum absolute atomic E-state index is 12.9. The highest BCUT2D eigenvalue weighted by atomic mass is 19.4. The maximum Gasteiger partial charge on any atom is 0.416 e. The van der Waals surface area contributed by atoms with Crippen LogP contribution in [0.2, 0.25) is 0 Å². The van der Waals surface area contributed by atoms with Crippen LogP contribution in [-0.2, 0) is 12.6 Å². The smallest absolute Gasteiger partial charge is 0.416 e. The van der Waals surface area contributed by atoms with E-state index in [1.807, 2.05) is 0 Å². The van der Waals surface area contributed by atoms with Crippen LogP contribution in [0.3, 0.4) is 0 Å². The van der Waals surface area contributed by atoms with Crippen molar-refractivity contribution in [3.8, 4) is 17.0 Å². The normalized spacial score (nSPS) is 22.3. The van der Waals surface area contributed by atoms with Crippen LogP contribution in [0, 0.1) is 6.92 Å². The number of rotatable bonds is 2. The van der Waals surface area contributed by atoms with E-state index in [9.17, 15) is 23.4 Å². The fraction of sp³-hybridized carbons (Fsp3) is 0.474. The minimum Gasteiger partial charge on any atom is -0.507 e. The summed E-state index contributed by atoms with van der Waals surface area (Å²) in [5.74, 6) is 0.312. The van der Waals surface area contributed by atoms with Crippen molar-refractivity contribution in [3.05, 3.63) is 34.9 Å². The van der Waals surface area contributed by atoms with E-state index in [1.165, 1.54) is 6.92 Å². The molecule has 27 heavy (non-hydrogen) atoms. The van der Waals surface area contributed by atoms with Crippen LogP contribution in [0.25, 0.3) is 11.3 Å². The summed E-state index contributed by atoms with van der Waals surface area (Å²) in [6, 6.07) is 3.77. The number of hydrogen-bond donors (Lipinski definition) is 2. The fourth-order valence-electron chi connectivity index (χ4n) is 4.16. The highest BCUT2D eigenvalue weighted by Gasteiger charge is 2.34. The van der Waals surface area contributed by atoms with E-state index in [2.05, 4.69) is 15.1 Å². The molecule has 0 saturated heterocycles. The number of nitrogens with zero attached hydrogens (tertiary/aromatic N) is 3. The van der Waals surface area contributed by atoms with E-state index in [0.717, 1.165) is 49.3 Å². The van der Waals surface area contributed by atoms with Gasteiger partial charge in [0.1, 0.15) is 5.75 Å². The van der Waals surface area contributed by atoms with Gasteiger partial charge >= 0.3 is 6.18 Å². The van der Waals surface area contributed by atoms with E-state index in [1.54, 1.807) is 6.07 Å². The van der Waals surface area contributed by atoms with Crippen molar-refractivity contribution in [2.45, 2.75) is 50.9 Å². The number of halogens is 3. The Morgan fingerprint density at radius 1 is 1.15 bits per heavy atom. The van der Waals surface area contributed by atoms with Gasteiger partial charge in [0.15, 0.2) is 5.82 Å². The third-order valence-corrected chi connectivity index (χ3v) is 5.46. The third kappa shape index (κ3) is 3.22. The number of aliphatic hydroxyl groups is 1. The van der Waals surface area contributed by atoms with Crippen LogP contribution in [0.5, 0.6) is 5.75 Å². The molecule has 5 nitrogen and oxygen atoms in total. The highest BCUT2D eigenvalue weighted by Crippen LogP contribution is 2.40. The Bertz CT molecular complexity index is 862. The molecule has 2 aromatic rings. The Balaban J connectivity index is 1.67. The molecule has 0 bridgehead atoms. The molecule has 1 aliphatic carbocycles. The van der Waals surface area contributed by atoms with E-state index in [0.29, 0.717) is 17.7 Å². The molecule has 4 rings (SSSR count). The Morgan fingerprint density at radius 3 is 2.56 bits per heavy atom. The van der Waals surface area contributed by atoms with Gasteiger partial charge in [0.2, 0.25) is 0 Å². The van der Waals surface area contributed by atoms with Crippen molar-refractivity contribution in [1.29, 1.82) is 0 Å². The molecule has 144 valence electrons. The first-order chi connectivity index (χ1) is 12.7. The predicted molar refractivity (Wildman–Crippen MR) is 93.6 cm³/mol. The largest absolute Gasteiger partial charge is 0.507 e. The van der Waals surface area contributed by atoms with Crippen molar-refractivity contribution in [3.63, 3.8) is 0 Å². The maximum atomic E-state index is 12.9. The number of aryl methyl sites for hydroxylation is 1. The molecule has 2 N–H and O–H groups in total. The number of aromatic nitrogens is 2. The number of alkyl halides is 3. The number of anilines is 1. The molecule has 1 aliphatic heterocycles. The first-order valence-electron chi connectivity index (χ1n) is 8.96. The Kier molecular flexibility index (Phi) is 4.25. The molecule has 1 fully saturated rings. The highest BCUT2D eigenvalue weighted by molar-refractivity contribution is 5.73. The molecule has 2 heterocycles. The lowest BCUT2D eigenvalue weighted by atomic mass is 9.99. The van der Waals surface area contributed by atoms with Crippen molar-refractivity contribution in [2.75, 3.05) is 11.4 Å². The molecule has 1 saturated carbocycles. The second-order valence-corrected chi connectivity index (χ2v) is 7.33. The summed E-state index contributed by atoms with van der Waals surface area (Å²) in [4.78, 5) is 2.15. The van der Waals surface area contributed by atoms with Crippen molar-refractivity contribution in [1.82, 2.24) is 10.2 Å². The Labute approximate surface area is 154 Å². The second kappa shape index (κ2) is 6.37. The lowest BCUT2D eigenvalue weighted by Crippen LogP contribution is -2.32. The van der Waals surface area contributed by atoms with E-state index in [4.69, 9.17) is 0 Å². The molecular formula is C19H20F3N3O2. The Hall–Kier alpha value is -2.35. The molecule has 0 amide bonds. The quantitative estimate of drug-likeness (QED) is 0.837. The van der Waals surface area contributed by atoms with Gasteiger partial charge in [-0.05, 0) is 56.4 Å². The summed E-state index contributed by atoms with van der Waals surface area (Å²) in [6.45, 7) is 2.30. The first kappa shape index (κ1) is 18.0. The van der Waals surface area contributed by atoms with E-state index >= 15 is 0 Å². The lowest BCUT2D eigenvalue weighted by Gasteiger charge is -2.25. The van der Waals surface area contributed by atoms with Gasteiger partial charge in [-0.3, -0.25) is 0 Å². The molecule has 1 aromatic carbocycles. The van der Waals surface area contributed by atoms with Crippen molar-refractivity contribution in [2.24, 2.45) is 0 Å². The van der Waals surface area contributed by atoms with Crippen molar-refractivity contribution >= 4 is 5.82 Å². The van der Waals surface area contributed by atoms with E-state index < -0.39 is 17.5 Å². The minimum absolute atomic E-state index is 0.239. The fourth-order valence-corrected chi connectivity index (χ4v) is 4.16. The summed E-state index contributed by atoms with van der Waals surface area (Å²) in [5.41, 5.74) is 1.01. The van der Waals surface area contributed by atoms with Crippen LogP contribution in [0.15, 0.2) is 18.2 Å². The van der Waals surface area contributed by atoms with Crippen LogP contribution in [-0.4, -0.2) is 39.1 Å². The van der Waals surface area contributed by atoms with Crippen molar-refractivity contribution < 1.29 is 23.4 Å². The molecule has 2 aliphatic rings. The van der Waals surface area contributed by atoms with Gasteiger partial charge in [-0.25, -0.2) is 0 Å². The van der Waals surface area contributed by atoms with Crippen LogP contribution >= 0.6 is 0 Å². The van der Waals surface area contributed by atoms with E-state index in [-0.39, 0.29) is 17.7 Å². The molecule has 0 radical (unpaired) electrons. The number of phenols is 1. The van der Waals surface area contributed by atoms with Gasteiger partial charge in [0, 0.05) is 23.7 Å². The lowest BCUT2D eigenvalue weighted by molar-refractivity contribution is -0.137. The predicted octanol–water partition coefficient (Wildman–Crippen LogP) is 3.45. The van der Waals surface area contributed by atoms with Crippen LogP contribution in [0.1, 0.15) is 36.0 Å². The molecule has 1 aromatic heterocycles. The van der Waals surface area contributed by atoms with Gasteiger partial charge in [0.25, 0.3) is 0 Å². The van der Waals surface area contributed by atoms with Gasteiger partial charge in [-0.15, -0.1) is 10.2 Å². The molecular weight excluding hydrogens is 359 g/mol. The average Bonchev–Trinajstić information content (AvgIpc) is 3.18. The monoisotopic (exact) mass is 379 g/mol. The number of aromatic hydroxyl groups is 1. The molecule has 8 heteroatoms. The standard InChI is InChI=1S/C19H20F3N3O2/c1-10-6-12(19(20,21)22)8-16(27)17(10)15-7-11-4-5-25(18(11)24-23-15)13-2-3-14(26)9-13/h6-8,13-14,26-27H,2-5,9H2,1H3/t13-,14+/m1/s1. The number of hydrogen-bond acceptors (Lipinski definition) is 5. The molecule has 2 atom stereocenters. The zero-order chi connectivity index (χ0) is 19.3. The van der Waals surface area contributed by atoms with Gasteiger partial charge < -0.3 is 15.1 Å². The second-order valence-electron chi connectivity index (χ2n) is 7.33. The minimum atomic E-state index is -4.52. The average molecular weight is 379 g/mol. The number of fused-ring (bicyclic) bond motifs is 1. The number of benzene rings is 1. The summed E-state index contributed by atoms with van der Waals surface area (Å²) in [6.07, 6.45) is -1.65. The number of phenolic OH excluding ortho intramolecular Hbond substituents is 1. The van der Waals surface area contributed by atoms with Crippen LogP contribution in [0.4, 0.5) is 19.0 Å². The van der Waals surface area contributed by atoms with Crippen LogP contribution < -0.4 is 4.90 Å². The molecule has 0 spiro atoms. The Morgan fingerprint density at radius 2 is 1.93 bits per heavy atom. The SMILES string of the molecule is Cc1cc(C(F)(F)F)cc(O)c1-c1cc2c(nn1)N([C@@H]1CC[C@H](O)C1)CC2. The number of aliphatic hydroxyl groups excluding tert-OH is 1. The third-order valence-electron chi connectivity index (χ3n) is 5.46. The summed E-state index contributed by atoms with van der Waals surface area (Å²) in [5, 5.41) is 28.4. The van der Waals surface area contributed by atoms with Gasteiger partial charge in [0.05, 0.1) is 17.4 Å². The zero-order valence-electron chi connectivity index (χ0n) is 14.8. The zero-order valence-corrected chi connectivity index (χ0v) is 14.8. The topological polar surface area (TPSA) is 69.5 Å². The summed E-state index contributed by atoms with van der Waals surface area (Å²) < 4.78 is 38.8.